The fourth-order valence-corrected chi connectivity index (χ4v) is 0.996. The first-order chi connectivity index (χ1) is 5.34. The lowest BCUT2D eigenvalue weighted by Crippen LogP contribution is -1.77. The van der Waals surface area contributed by atoms with Crippen LogP contribution in [0.25, 0.3) is 5.57 Å². The summed E-state index contributed by atoms with van der Waals surface area (Å²) in [6, 6.07) is 10.2. The molecule has 1 heteroatoms. The van der Waals surface area contributed by atoms with E-state index in [0.29, 0.717) is 6.32 Å². The molecule has 0 bridgehead atoms. The van der Waals surface area contributed by atoms with E-state index in [1.807, 2.05) is 24.3 Å². The van der Waals surface area contributed by atoms with E-state index in [-0.39, 0.29) is 0 Å². The van der Waals surface area contributed by atoms with Crippen molar-refractivity contribution in [2.75, 3.05) is 0 Å². The van der Waals surface area contributed by atoms with Crippen molar-refractivity contribution in [2.45, 2.75) is 13.2 Å². The van der Waals surface area contributed by atoms with Gasteiger partial charge in [-0.2, -0.15) is 0 Å². The molecule has 0 saturated heterocycles. The van der Waals surface area contributed by atoms with Crippen LogP contribution in [0, 0.1) is 0 Å². The molecule has 2 radical (unpaired) electrons. The predicted octanol–water partition coefficient (Wildman–Crippen LogP) is 2.68. The maximum Gasteiger partial charge on any atom is 0.0708 e. The summed E-state index contributed by atoms with van der Waals surface area (Å²) in [5.41, 5.74) is 2.49. The fraction of sp³-hybridized carbons (Fsp3) is 0.200. The summed E-state index contributed by atoms with van der Waals surface area (Å²) < 4.78 is 0. The van der Waals surface area contributed by atoms with Crippen LogP contribution in [0.1, 0.15) is 12.5 Å². The molecule has 0 nitrogen and oxygen atoms in total. The van der Waals surface area contributed by atoms with Gasteiger partial charge in [0.15, 0.2) is 0 Å². The highest BCUT2D eigenvalue weighted by Crippen LogP contribution is 2.12. The summed E-state index contributed by atoms with van der Waals surface area (Å²) in [6.45, 7) is 2.07. The molecule has 0 fully saturated rings. The van der Waals surface area contributed by atoms with Crippen molar-refractivity contribution in [3.05, 3.63) is 42.0 Å². The molecule has 0 aliphatic rings. The summed E-state index contributed by atoms with van der Waals surface area (Å²) in [5.74, 6) is 0. The van der Waals surface area contributed by atoms with Gasteiger partial charge in [0.2, 0.25) is 0 Å². The van der Waals surface area contributed by atoms with Crippen molar-refractivity contribution in [1.29, 1.82) is 0 Å². The largest absolute Gasteiger partial charge is 0.0896 e. The van der Waals surface area contributed by atoms with E-state index in [4.69, 9.17) is 7.85 Å². The van der Waals surface area contributed by atoms with Gasteiger partial charge in [-0.3, -0.25) is 0 Å². The van der Waals surface area contributed by atoms with Gasteiger partial charge in [-0.05, 0) is 18.1 Å². The Balaban J connectivity index is 2.85. The fourth-order valence-electron chi connectivity index (χ4n) is 0.996. The Morgan fingerprint density at radius 1 is 1.36 bits per heavy atom. The van der Waals surface area contributed by atoms with Crippen LogP contribution in [0.4, 0.5) is 0 Å². The lowest BCUT2D eigenvalue weighted by atomic mass is 9.99. The first-order valence-electron chi connectivity index (χ1n) is 3.77. The quantitative estimate of drug-likeness (QED) is 0.556. The monoisotopic (exact) mass is 142 g/mol. The maximum atomic E-state index is 5.39. The van der Waals surface area contributed by atoms with Crippen LogP contribution in [-0.4, -0.2) is 7.85 Å². The molecule has 0 heterocycles. The van der Waals surface area contributed by atoms with Crippen molar-refractivity contribution >= 4 is 13.4 Å². The second kappa shape index (κ2) is 4.02. The Labute approximate surface area is 69.4 Å². The standard InChI is InChI=1S/C10H11B/c1-9(7-8-11)10-5-3-2-4-6-10/h2-7H,8H2,1H3/b9-7+. The van der Waals surface area contributed by atoms with Gasteiger partial charge in [0.25, 0.3) is 0 Å². The molecule has 0 aromatic heterocycles. The first kappa shape index (κ1) is 8.12. The van der Waals surface area contributed by atoms with Gasteiger partial charge in [-0.15, -0.1) is 0 Å². The third kappa shape index (κ3) is 2.26. The Bertz CT molecular complexity index is 236. The van der Waals surface area contributed by atoms with Gasteiger partial charge in [-0.1, -0.05) is 42.7 Å². The molecule has 0 amide bonds. The van der Waals surface area contributed by atoms with Gasteiger partial charge in [-0.25, -0.2) is 0 Å². The van der Waals surface area contributed by atoms with Crippen LogP contribution < -0.4 is 0 Å². The third-order valence-corrected chi connectivity index (χ3v) is 1.65. The molecule has 1 aromatic carbocycles. The summed E-state index contributed by atoms with van der Waals surface area (Å²) in [4.78, 5) is 0. The van der Waals surface area contributed by atoms with Crippen LogP contribution in [0.5, 0.6) is 0 Å². The predicted molar refractivity (Wildman–Crippen MR) is 50.7 cm³/mol. The number of rotatable bonds is 2. The van der Waals surface area contributed by atoms with E-state index in [9.17, 15) is 0 Å². The summed E-state index contributed by atoms with van der Waals surface area (Å²) in [5, 5.41) is 0. The van der Waals surface area contributed by atoms with Gasteiger partial charge in [0, 0.05) is 0 Å². The van der Waals surface area contributed by atoms with Crippen molar-refractivity contribution in [2.24, 2.45) is 0 Å². The first-order valence-corrected chi connectivity index (χ1v) is 3.77. The zero-order valence-electron chi connectivity index (χ0n) is 6.75. The summed E-state index contributed by atoms with van der Waals surface area (Å²) in [7, 11) is 5.39. The average molecular weight is 142 g/mol. The minimum absolute atomic E-state index is 0.612. The van der Waals surface area contributed by atoms with Crippen molar-refractivity contribution in [3.63, 3.8) is 0 Å². The number of hydrogen-bond donors (Lipinski definition) is 0. The third-order valence-electron chi connectivity index (χ3n) is 1.65. The molecule has 0 saturated carbocycles. The number of benzene rings is 1. The van der Waals surface area contributed by atoms with Gasteiger partial charge in [0.05, 0.1) is 7.85 Å². The zero-order chi connectivity index (χ0) is 8.10. The normalized spacial score (nSPS) is 11.5. The molecule has 1 rings (SSSR count). The molecule has 0 aliphatic heterocycles. The second-order valence-electron chi connectivity index (χ2n) is 2.49. The molecule has 0 spiro atoms. The molecule has 0 aliphatic carbocycles. The summed E-state index contributed by atoms with van der Waals surface area (Å²) >= 11 is 0. The van der Waals surface area contributed by atoms with Gasteiger partial charge < -0.3 is 0 Å². The van der Waals surface area contributed by atoms with Gasteiger partial charge in [0.1, 0.15) is 0 Å². The average Bonchev–Trinajstić information content (AvgIpc) is 2.07. The highest BCUT2D eigenvalue weighted by atomic mass is 13.9. The Hall–Kier alpha value is -0.975. The smallest absolute Gasteiger partial charge is 0.0708 e. The van der Waals surface area contributed by atoms with E-state index in [1.54, 1.807) is 0 Å². The Kier molecular flexibility index (Phi) is 2.97. The van der Waals surface area contributed by atoms with E-state index in [0.717, 1.165) is 0 Å². The lowest BCUT2D eigenvalue weighted by Gasteiger charge is -1.98. The van der Waals surface area contributed by atoms with Crippen molar-refractivity contribution < 1.29 is 0 Å². The van der Waals surface area contributed by atoms with E-state index in [1.165, 1.54) is 11.1 Å². The van der Waals surface area contributed by atoms with Gasteiger partial charge >= 0.3 is 0 Å². The van der Waals surface area contributed by atoms with E-state index >= 15 is 0 Å². The molecule has 54 valence electrons. The molecule has 0 atom stereocenters. The lowest BCUT2D eigenvalue weighted by molar-refractivity contribution is 1.54. The highest BCUT2D eigenvalue weighted by molar-refractivity contribution is 6.10. The number of hydrogen-bond acceptors (Lipinski definition) is 0. The Morgan fingerprint density at radius 3 is 2.55 bits per heavy atom. The molecule has 0 unspecified atom stereocenters. The van der Waals surface area contributed by atoms with Crippen molar-refractivity contribution in [1.82, 2.24) is 0 Å². The topological polar surface area (TPSA) is 0 Å². The summed E-state index contributed by atoms with van der Waals surface area (Å²) in [6.07, 6.45) is 2.63. The molecule has 11 heavy (non-hydrogen) atoms. The molecular formula is C10H11B. The molecule has 1 aromatic rings. The van der Waals surface area contributed by atoms with Crippen LogP contribution in [0.2, 0.25) is 6.32 Å². The molecular weight excluding hydrogens is 131 g/mol. The van der Waals surface area contributed by atoms with Crippen LogP contribution >= 0.6 is 0 Å². The minimum atomic E-state index is 0.612. The van der Waals surface area contributed by atoms with E-state index < -0.39 is 0 Å². The second-order valence-corrected chi connectivity index (χ2v) is 2.49. The minimum Gasteiger partial charge on any atom is -0.0896 e. The van der Waals surface area contributed by atoms with Crippen LogP contribution in [-0.2, 0) is 0 Å². The Morgan fingerprint density at radius 2 is 2.00 bits per heavy atom. The van der Waals surface area contributed by atoms with Crippen LogP contribution in [0.3, 0.4) is 0 Å². The zero-order valence-corrected chi connectivity index (χ0v) is 6.75. The number of allylic oxidation sites excluding steroid dienone is 2. The maximum absolute atomic E-state index is 5.39. The SMILES string of the molecule is [B]C/C=C(\C)c1ccccc1. The molecule has 0 N–H and O–H groups in total. The van der Waals surface area contributed by atoms with E-state index in [2.05, 4.69) is 19.1 Å². The van der Waals surface area contributed by atoms with Crippen LogP contribution in [0.15, 0.2) is 36.4 Å². The highest BCUT2D eigenvalue weighted by Gasteiger charge is 1.90. The van der Waals surface area contributed by atoms with Crippen molar-refractivity contribution in [3.8, 4) is 0 Å².